The van der Waals surface area contributed by atoms with Gasteiger partial charge in [0.25, 0.3) is 17.8 Å². The maximum Gasteiger partial charge on any atom is 0.358 e. The van der Waals surface area contributed by atoms with Gasteiger partial charge in [-0.2, -0.15) is 4.98 Å². The van der Waals surface area contributed by atoms with Crippen LogP contribution in [0.4, 0.5) is 11.6 Å². The van der Waals surface area contributed by atoms with E-state index < -0.39 is 6.04 Å². The number of aryl methyl sites for hydroxylation is 1. The minimum atomic E-state index is -0.747. The van der Waals surface area contributed by atoms with Gasteiger partial charge in [0, 0.05) is 16.1 Å². The largest absolute Gasteiger partial charge is 0.358 e. The second-order valence-corrected chi connectivity index (χ2v) is 7.03. The van der Waals surface area contributed by atoms with Crippen LogP contribution in [-0.2, 0) is 9.59 Å². The van der Waals surface area contributed by atoms with Crippen LogP contribution in [0.3, 0.4) is 0 Å². The summed E-state index contributed by atoms with van der Waals surface area (Å²) in [5, 5.41) is 9.91. The zero-order valence-electron chi connectivity index (χ0n) is 15.5. The first-order valence-electron chi connectivity index (χ1n) is 8.98. The van der Waals surface area contributed by atoms with Crippen LogP contribution in [0.15, 0.2) is 48.5 Å². The molecule has 1 aromatic heterocycles. The standard InChI is InChI=1S/C20H17ClN6O2/c1-11-14-4-2-3-5-15(14)24-19(22-11)27-20-25-16(10-17(28)26-20)18(29)23-13-8-6-12(21)7-9-13/h2-9,16H,10H2,1H3,(H,23,29)(H2,22,24,25,26,27,28)/p+1/t16-/m0/s1. The van der Waals surface area contributed by atoms with Crippen molar-refractivity contribution in [3.05, 3.63) is 59.2 Å². The normalized spacial score (nSPS) is 16.1. The summed E-state index contributed by atoms with van der Waals surface area (Å²) in [7, 11) is 0. The molecule has 0 saturated carbocycles. The van der Waals surface area contributed by atoms with E-state index in [-0.39, 0.29) is 24.2 Å². The minimum absolute atomic E-state index is 0.00219. The van der Waals surface area contributed by atoms with E-state index in [4.69, 9.17) is 11.6 Å². The third-order valence-corrected chi connectivity index (χ3v) is 4.68. The maximum absolute atomic E-state index is 12.6. The van der Waals surface area contributed by atoms with Crippen LogP contribution >= 0.6 is 11.6 Å². The summed E-state index contributed by atoms with van der Waals surface area (Å²) in [6.07, 6.45) is 0.00219. The first-order chi connectivity index (χ1) is 14.0. The van der Waals surface area contributed by atoms with E-state index in [9.17, 15) is 9.59 Å². The average Bonchev–Trinajstić information content (AvgIpc) is 2.69. The number of para-hydroxylation sites is 1. The molecule has 2 aromatic carbocycles. The van der Waals surface area contributed by atoms with Gasteiger partial charge in [-0.1, -0.05) is 29.8 Å². The Morgan fingerprint density at radius 1 is 1.17 bits per heavy atom. The number of guanidine groups is 1. The van der Waals surface area contributed by atoms with Crippen molar-refractivity contribution in [2.24, 2.45) is 0 Å². The number of halogens is 1. The lowest BCUT2D eigenvalue weighted by molar-refractivity contribution is -0.490. The summed E-state index contributed by atoms with van der Waals surface area (Å²) < 4.78 is 0. The van der Waals surface area contributed by atoms with Gasteiger partial charge in [0.15, 0.2) is 6.04 Å². The number of hydrogen-bond donors (Lipinski definition) is 4. The number of aromatic nitrogens is 2. The van der Waals surface area contributed by atoms with Crippen molar-refractivity contribution in [2.45, 2.75) is 19.4 Å². The van der Waals surface area contributed by atoms with Gasteiger partial charge >= 0.3 is 5.96 Å². The zero-order chi connectivity index (χ0) is 20.4. The molecular formula is C20H18ClN6O2+. The van der Waals surface area contributed by atoms with Crippen LogP contribution in [0.25, 0.3) is 10.9 Å². The van der Waals surface area contributed by atoms with Gasteiger partial charge in [-0.05, 0) is 37.3 Å². The highest BCUT2D eigenvalue weighted by Crippen LogP contribution is 2.16. The second-order valence-electron chi connectivity index (χ2n) is 6.60. The maximum atomic E-state index is 12.6. The summed E-state index contributed by atoms with van der Waals surface area (Å²) in [5.74, 6) is -0.0490. The van der Waals surface area contributed by atoms with Crippen molar-refractivity contribution in [2.75, 3.05) is 10.6 Å². The SMILES string of the molecule is Cc1nc(NC2=[NH+][C@H](C(=O)Nc3ccc(Cl)cc3)CC(=O)N2)nc2ccccc12. The molecule has 0 aliphatic carbocycles. The van der Waals surface area contributed by atoms with E-state index >= 15 is 0 Å². The van der Waals surface area contributed by atoms with Crippen LogP contribution in [0.5, 0.6) is 0 Å². The van der Waals surface area contributed by atoms with Gasteiger partial charge in [0.2, 0.25) is 0 Å². The Morgan fingerprint density at radius 3 is 2.72 bits per heavy atom. The highest BCUT2D eigenvalue weighted by atomic mass is 35.5. The predicted molar refractivity (Wildman–Crippen MR) is 110 cm³/mol. The number of hydrogen-bond acceptors (Lipinski definition) is 5. The molecule has 146 valence electrons. The molecule has 2 heterocycles. The topological polar surface area (TPSA) is 110 Å². The third kappa shape index (κ3) is 4.33. The number of anilines is 2. The van der Waals surface area contributed by atoms with E-state index in [1.807, 2.05) is 31.2 Å². The summed E-state index contributed by atoms with van der Waals surface area (Å²) in [5.41, 5.74) is 2.18. The van der Waals surface area contributed by atoms with Crippen LogP contribution < -0.4 is 20.9 Å². The highest BCUT2D eigenvalue weighted by molar-refractivity contribution is 6.30. The lowest BCUT2D eigenvalue weighted by Gasteiger charge is -2.16. The number of carbonyl (C=O) groups excluding carboxylic acids is 2. The molecule has 0 spiro atoms. The van der Waals surface area contributed by atoms with Gasteiger partial charge in [-0.15, -0.1) is 0 Å². The van der Waals surface area contributed by atoms with Crippen molar-refractivity contribution >= 4 is 51.9 Å². The van der Waals surface area contributed by atoms with E-state index in [1.165, 1.54) is 0 Å². The molecular weight excluding hydrogens is 392 g/mol. The fourth-order valence-corrected chi connectivity index (χ4v) is 3.15. The number of nitrogens with zero attached hydrogens (tertiary/aromatic N) is 2. The molecule has 29 heavy (non-hydrogen) atoms. The monoisotopic (exact) mass is 409 g/mol. The Labute approximate surface area is 171 Å². The summed E-state index contributed by atoms with van der Waals surface area (Å²) in [6, 6.07) is 13.6. The average molecular weight is 410 g/mol. The van der Waals surface area contributed by atoms with E-state index in [0.29, 0.717) is 16.7 Å². The molecule has 1 aliphatic heterocycles. The molecule has 3 aromatic rings. The van der Waals surface area contributed by atoms with Crippen LogP contribution in [0.1, 0.15) is 12.1 Å². The van der Waals surface area contributed by atoms with E-state index in [2.05, 4.69) is 30.9 Å². The molecule has 4 rings (SSSR count). The Balaban J connectivity index is 1.54. The first kappa shape index (κ1) is 18.8. The summed E-state index contributed by atoms with van der Waals surface area (Å²) >= 11 is 5.86. The molecule has 1 aliphatic rings. The fourth-order valence-electron chi connectivity index (χ4n) is 3.03. The molecule has 0 unspecified atom stereocenters. The van der Waals surface area contributed by atoms with Gasteiger partial charge in [0.05, 0.1) is 17.6 Å². The molecule has 4 N–H and O–H groups in total. The van der Waals surface area contributed by atoms with Gasteiger partial charge in [-0.3, -0.25) is 14.6 Å². The molecule has 9 heteroatoms. The number of carbonyl (C=O) groups is 2. The van der Waals surface area contributed by atoms with Crippen molar-refractivity contribution in [1.82, 2.24) is 15.3 Å². The summed E-state index contributed by atoms with van der Waals surface area (Å²) in [6.45, 7) is 1.88. The van der Waals surface area contributed by atoms with E-state index in [0.717, 1.165) is 16.6 Å². The van der Waals surface area contributed by atoms with Crippen molar-refractivity contribution in [1.29, 1.82) is 0 Å². The smallest absolute Gasteiger partial charge is 0.323 e. The molecule has 0 saturated heterocycles. The Bertz CT molecular complexity index is 1130. The highest BCUT2D eigenvalue weighted by Gasteiger charge is 2.31. The molecule has 0 bridgehead atoms. The number of amides is 2. The number of nitrogens with one attached hydrogen (secondary N) is 4. The third-order valence-electron chi connectivity index (χ3n) is 4.43. The van der Waals surface area contributed by atoms with Crippen LogP contribution in [0, 0.1) is 6.92 Å². The van der Waals surface area contributed by atoms with Gasteiger partial charge < -0.3 is 5.32 Å². The summed E-state index contributed by atoms with van der Waals surface area (Å²) in [4.78, 5) is 36.5. The van der Waals surface area contributed by atoms with Crippen LogP contribution in [-0.4, -0.2) is 33.8 Å². The molecule has 0 radical (unpaired) electrons. The second kappa shape index (κ2) is 7.84. The Morgan fingerprint density at radius 2 is 1.93 bits per heavy atom. The first-order valence-corrected chi connectivity index (χ1v) is 9.36. The lowest BCUT2D eigenvalue weighted by Crippen LogP contribution is -2.89. The quantitative estimate of drug-likeness (QED) is 0.515. The van der Waals surface area contributed by atoms with Gasteiger partial charge in [-0.25, -0.2) is 15.6 Å². The van der Waals surface area contributed by atoms with E-state index in [1.54, 1.807) is 24.3 Å². The fraction of sp³-hybridized carbons (Fsp3) is 0.150. The molecule has 2 amide bonds. The number of rotatable bonds is 3. The predicted octanol–water partition coefficient (Wildman–Crippen LogP) is 0.967. The molecule has 1 atom stereocenters. The molecule has 0 fully saturated rings. The van der Waals surface area contributed by atoms with Crippen molar-refractivity contribution in [3.8, 4) is 0 Å². The van der Waals surface area contributed by atoms with Gasteiger partial charge in [0.1, 0.15) is 0 Å². The van der Waals surface area contributed by atoms with Crippen molar-refractivity contribution in [3.63, 3.8) is 0 Å². The van der Waals surface area contributed by atoms with Crippen molar-refractivity contribution < 1.29 is 14.6 Å². The van der Waals surface area contributed by atoms with Crippen LogP contribution in [0.2, 0.25) is 5.02 Å². The number of benzene rings is 2. The zero-order valence-corrected chi connectivity index (χ0v) is 16.2. The molecule has 8 nitrogen and oxygen atoms in total. The lowest BCUT2D eigenvalue weighted by atomic mass is 10.1. The minimum Gasteiger partial charge on any atom is -0.323 e. The Kier molecular flexibility index (Phi) is 5.09. The number of fused-ring (bicyclic) bond motifs is 1. The Hall–Kier alpha value is -3.52.